The highest BCUT2D eigenvalue weighted by Gasteiger charge is 2.18. The number of nitrogens with zero attached hydrogens (tertiary/aromatic N) is 2. The molecule has 1 aliphatic heterocycles. The van der Waals surface area contributed by atoms with E-state index >= 15 is 0 Å². The second kappa shape index (κ2) is 5.00. The van der Waals surface area contributed by atoms with Crippen molar-refractivity contribution < 1.29 is 0 Å². The van der Waals surface area contributed by atoms with Crippen LogP contribution in [0.2, 0.25) is 0 Å². The summed E-state index contributed by atoms with van der Waals surface area (Å²) in [5.74, 6) is 1.09. The van der Waals surface area contributed by atoms with Gasteiger partial charge in [0.1, 0.15) is 12.1 Å². The molecular formula is C13H20N4. The zero-order valence-corrected chi connectivity index (χ0v) is 10.2. The predicted molar refractivity (Wildman–Crippen MR) is 67.9 cm³/mol. The summed E-state index contributed by atoms with van der Waals surface area (Å²) in [6.45, 7) is 1.93. The Bertz CT molecular complexity index is 385. The second-order valence-corrected chi connectivity index (χ2v) is 5.05. The highest BCUT2D eigenvalue weighted by Crippen LogP contribution is 2.24. The lowest BCUT2D eigenvalue weighted by molar-refractivity contribution is 0.461. The van der Waals surface area contributed by atoms with E-state index in [0.717, 1.165) is 25.3 Å². The van der Waals surface area contributed by atoms with Gasteiger partial charge in [-0.3, -0.25) is 0 Å². The summed E-state index contributed by atoms with van der Waals surface area (Å²) in [6.07, 6.45) is 9.42. The van der Waals surface area contributed by atoms with Gasteiger partial charge in [-0.2, -0.15) is 0 Å². The number of anilines is 1. The molecule has 1 fully saturated rings. The van der Waals surface area contributed by atoms with Gasteiger partial charge in [-0.1, -0.05) is 19.3 Å². The predicted octanol–water partition coefficient (Wildman–Crippen LogP) is 1.87. The van der Waals surface area contributed by atoms with Gasteiger partial charge in [0.25, 0.3) is 0 Å². The monoisotopic (exact) mass is 232 g/mol. The second-order valence-electron chi connectivity index (χ2n) is 5.05. The van der Waals surface area contributed by atoms with Crippen LogP contribution in [-0.4, -0.2) is 22.6 Å². The van der Waals surface area contributed by atoms with Gasteiger partial charge in [-0.15, -0.1) is 0 Å². The van der Waals surface area contributed by atoms with Crippen LogP contribution in [0.25, 0.3) is 0 Å². The standard InChI is InChI=1S/C13H20N4/c1-2-4-10(5-3-1)17-13-11-6-7-14-8-12(11)15-9-16-13/h9-10,14H,1-8H2,(H,15,16,17). The Balaban J connectivity index is 1.77. The molecular weight excluding hydrogens is 212 g/mol. The summed E-state index contributed by atoms with van der Waals surface area (Å²) >= 11 is 0. The van der Waals surface area contributed by atoms with Gasteiger partial charge in [-0.05, 0) is 25.8 Å². The summed E-state index contributed by atoms with van der Waals surface area (Å²) in [4.78, 5) is 8.80. The zero-order chi connectivity index (χ0) is 11.5. The van der Waals surface area contributed by atoms with E-state index < -0.39 is 0 Å². The van der Waals surface area contributed by atoms with Crippen LogP contribution in [0, 0.1) is 0 Å². The number of nitrogens with one attached hydrogen (secondary N) is 2. The highest BCUT2D eigenvalue weighted by atomic mass is 15.1. The molecule has 1 aromatic heterocycles. The highest BCUT2D eigenvalue weighted by molar-refractivity contribution is 5.47. The molecule has 0 saturated heterocycles. The van der Waals surface area contributed by atoms with Crippen LogP contribution in [0.15, 0.2) is 6.33 Å². The van der Waals surface area contributed by atoms with Gasteiger partial charge in [0.15, 0.2) is 0 Å². The zero-order valence-electron chi connectivity index (χ0n) is 10.2. The van der Waals surface area contributed by atoms with Crippen LogP contribution in [0.4, 0.5) is 5.82 Å². The van der Waals surface area contributed by atoms with Crippen molar-refractivity contribution in [1.82, 2.24) is 15.3 Å². The van der Waals surface area contributed by atoms with Crippen molar-refractivity contribution in [2.75, 3.05) is 11.9 Å². The maximum absolute atomic E-state index is 4.44. The maximum atomic E-state index is 4.44. The van der Waals surface area contributed by atoms with Crippen molar-refractivity contribution in [2.24, 2.45) is 0 Å². The molecule has 92 valence electrons. The van der Waals surface area contributed by atoms with Crippen LogP contribution in [0.3, 0.4) is 0 Å². The van der Waals surface area contributed by atoms with Crippen LogP contribution < -0.4 is 10.6 Å². The van der Waals surface area contributed by atoms with Gasteiger partial charge in [-0.25, -0.2) is 9.97 Å². The van der Waals surface area contributed by atoms with Gasteiger partial charge in [0.05, 0.1) is 5.69 Å². The summed E-state index contributed by atoms with van der Waals surface area (Å²) < 4.78 is 0. The Morgan fingerprint density at radius 3 is 2.94 bits per heavy atom. The third-order valence-electron chi connectivity index (χ3n) is 3.82. The van der Waals surface area contributed by atoms with E-state index in [4.69, 9.17) is 0 Å². The Kier molecular flexibility index (Phi) is 3.22. The van der Waals surface area contributed by atoms with E-state index in [2.05, 4.69) is 20.6 Å². The van der Waals surface area contributed by atoms with E-state index in [0.29, 0.717) is 6.04 Å². The lowest BCUT2D eigenvalue weighted by Gasteiger charge is -2.26. The van der Waals surface area contributed by atoms with Crippen molar-refractivity contribution in [2.45, 2.75) is 51.1 Å². The SMILES string of the molecule is c1nc2c(c(NC3CCCCC3)n1)CCNC2. The normalized spacial score (nSPS) is 20.9. The minimum absolute atomic E-state index is 0.623. The molecule has 1 saturated carbocycles. The average molecular weight is 232 g/mol. The van der Waals surface area contributed by atoms with Crippen LogP contribution >= 0.6 is 0 Å². The molecule has 0 spiro atoms. The number of hydrogen-bond acceptors (Lipinski definition) is 4. The summed E-state index contributed by atoms with van der Waals surface area (Å²) in [6, 6.07) is 0.623. The molecule has 1 aromatic rings. The molecule has 0 bridgehead atoms. The van der Waals surface area contributed by atoms with Gasteiger partial charge in [0.2, 0.25) is 0 Å². The molecule has 2 N–H and O–H groups in total. The lowest BCUT2D eigenvalue weighted by Crippen LogP contribution is -2.29. The molecule has 3 rings (SSSR count). The molecule has 0 amide bonds. The van der Waals surface area contributed by atoms with E-state index in [9.17, 15) is 0 Å². The van der Waals surface area contributed by atoms with Crippen molar-refractivity contribution in [1.29, 1.82) is 0 Å². The Labute approximate surface area is 102 Å². The fourth-order valence-corrected chi connectivity index (χ4v) is 2.85. The Hall–Kier alpha value is -1.16. The molecule has 2 heterocycles. The minimum Gasteiger partial charge on any atom is -0.367 e. The summed E-state index contributed by atoms with van der Waals surface area (Å²) in [7, 11) is 0. The van der Waals surface area contributed by atoms with E-state index in [1.165, 1.54) is 43.4 Å². The smallest absolute Gasteiger partial charge is 0.133 e. The quantitative estimate of drug-likeness (QED) is 0.817. The van der Waals surface area contributed by atoms with Crippen molar-refractivity contribution in [3.05, 3.63) is 17.6 Å². The Morgan fingerprint density at radius 1 is 1.18 bits per heavy atom. The average Bonchev–Trinajstić information content (AvgIpc) is 2.40. The summed E-state index contributed by atoms with van der Waals surface area (Å²) in [5, 5.41) is 6.98. The van der Waals surface area contributed by atoms with Crippen molar-refractivity contribution in [3.63, 3.8) is 0 Å². The molecule has 4 nitrogen and oxygen atoms in total. The number of rotatable bonds is 2. The first kappa shape index (κ1) is 11.0. The maximum Gasteiger partial charge on any atom is 0.133 e. The molecule has 1 aliphatic carbocycles. The first-order valence-electron chi connectivity index (χ1n) is 6.73. The van der Waals surface area contributed by atoms with E-state index in [1.807, 2.05) is 0 Å². The van der Waals surface area contributed by atoms with Crippen LogP contribution in [-0.2, 0) is 13.0 Å². The third-order valence-corrected chi connectivity index (χ3v) is 3.82. The number of fused-ring (bicyclic) bond motifs is 1. The molecule has 0 radical (unpaired) electrons. The number of hydrogen-bond donors (Lipinski definition) is 2. The number of aromatic nitrogens is 2. The molecule has 0 aromatic carbocycles. The molecule has 0 atom stereocenters. The fraction of sp³-hybridized carbons (Fsp3) is 0.692. The topological polar surface area (TPSA) is 49.8 Å². The van der Waals surface area contributed by atoms with Gasteiger partial charge < -0.3 is 10.6 Å². The molecule has 4 heteroatoms. The Morgan fingerprint density at radius 2 is 2.06 bits per heavy atom. The molecule has 17 heavy (non-hydrogen) atoms. The van der Waals surface area contributed by atoms with Crippen molar-refractivity contribution in [3.8, 4) is 0 Å². The van der Waals surface area contributed by atoms with Crippen molar-refractivity contribution >= 4 is 5.82 Å². The van der Waals surface area contributed by atoms with Gasteiger partial charge in [0, 0.05) is 18.2 Å². The minimum atomic E-state index is 0.623. The lowest BCUT2D eigenvalue weighted by atomic mass is 9.95. The van der Waals surface area contributed by atoms with E-state index in [1.54, 1.807) is 6.33 Å². The van der Waals surface area contributed by atoms with Gasteiger partial charge >= 0.3 is 0 Å². The molecule has 0 unspecified atom stereocenters. The first-order chi connectivity index (χ1) is 8.43. The van der Waals surface area contributed by atoms with E-state index in [-0.39, 0.29) is 0 Å². The van der Waals surface area contributed by atoms with Crippen LogP contribution in [0.1, 0.15) is 43.4 Å². The third kappa shape index (κ3) is 2.41. The largest absolute Gasteiger partial charge is 0.367 e. The first-order valence-corrected chi connectivity index (χ1v) is 6.73. The molecule has 2 aliphatic rings. The fourth-order valence-electron chi connectivity index (χ4n) is 2.85. The van der Waals surface area contributed by atoms with Crippen LogP contribution in [0.5, 0.6) is 0 Å². The summed E-state index contributed by atoms with van der Waals surface area (Å²) in [5.41, 5.74) is 2.50.